The minimum atomic E-state index is -0.257. The largest absolute Gasteiger partial charge is 0.378 e. The molecular weight excluding hydrogens is 307 g/mol. The first-order chi connectivity index (χ1) is 7.75. The third kappa shape index (κ3) is 4.27. The zero-order chi connectivity index (χ0) is 11.4. The van der Waals surface area contributed by atoms with Crippen LogP contribution in [0.4, 0.5) is 5.69 Å². The number of hydrogen-bond acceptors (Lipinski definition) is 3. The summed E-state index contributed by atoms with van der Waals surface area (Å²) in [4.78, 5) is 11.8. The van der Waals surface area contributed by atoms with E-state index in [1.54, 1.807) is 0 Å². The van der Waals surface area contributed by atoms with Gasteiger partial charge in [0.2, 0.25) is 5.91 Å². The average Bonchev–Trinajstić information content (AvgIpc) is 2.30. The molecule has 1 aromatic carbocycles. The first-order valence-electron chi connectivity index (χ1n) is 5.13. The Kier molecular flexibility index (Phi) is 5.91. The van der Waals surface area contributed by atoms with Crippen molar-refractivity contribution in [3.8, 4) is 0 Å². The fourth-order valence-corrected chi connectivity index (χ4v) is 1.93. The lowest BCUT2D eigenvalue weighted by Crippen LogP contribution is -2.48. The van der Waals surface area contributed by atoms with E-state index in [-0.39, 0.29) is 24.4 Å². The highest BCUT2D eigenvalue weighted by molar-refractivity contribution is 9.10. The Morgan fingerprint density at radius 3 is 3.00 bits per heavy atom. The van der Waals surface area contributed by atoms with E-state index in [9.17, 15) is 4.79 Å². The third-order valence-electron chi connectivity index (χ3n) is 2.33. The molecule has 1 aliphatic heterocycles. The minimum Gasteiger partial charge on any atom is -0.378 e. The summed E-state index contributed by atoms with van der Waals surface area (Å²) in [6, 6.07) is 7.25. The van der Waals surface area contributed by atoms with Gasteiger partial charge in [-0.25, -0.2) is 0 Å². The molecule has 6 heteroatoms. The number of amides is 1. The molecule has 4 nitrogen and oxygen atoms in total. The van der Waals surface area contributed by atoms with Crippen LogP contribution >= 0.6 is 28.3 Å². The number of nitrogens with one attached hydrogen (secondary N) is 2. The Hall–Kier alpha value is -0.620. The summed E-state index contributed by atoms with van der Waals surface area (Å²) in [5, 5.41) is 5.95. The summed E-state index contributed by atoms with van der Waals surface area (Å²) < 4.78 is 6.17. The molecular formula is C11H14BrClN2O2. The van der Waals surface area contributed by atoms with E-state index in [0.29, 0.717) is 13.2 Å². The van der Waals surface area contributed by atoms with Gasteiger partial charge in [0.25, 0.3) is 0 Å². The van der Waals surface area contributed by atoms with Crippen LogP contribution in [0.2, 0.25) is 0 Å². The maximum atomic E-state index is 11.8. The molecule has 0 saturated carbocycles. The topological polar surface area (TPSA) is 50.4 Å². The number of anilines is 1. The molecule has 1 aliphatic rings. The minimum absolute atomic E-state index is 0. The molecule has 1 fully saturated rings. The number of halogens is 2. The number of carbonyl (C=O) groups is 1. The standard InChI is InChI=1S/C11H13BrN2O2.ClH/c12-8-2-1-3-9(6-8)14-11(15)10-7-16-5-4-13-10;/h1-3,6,10,13H,4-5,7H2,(H,14,15);1H. The van der Waals surface area contributed by atoms with Crippen LogP contribution in [-0.4, -0.2) is 31.7 Å². The predicted molar refractivity (Wildman–Crippen MR) is 72.6 cm³/mol. The second kappa shape index (κ2) is 6.96. The molecule has 2 N–H and O–H groups in total. The van der Waals surface area contributed by atoms with Gasteiger partial charge < -0.3 is 15.4 Å². The number of benzene rings is 1. The molecule has 1 unspecified atom stereocenters. The first kappa shape index (κ1) is 14.4. The van der Waals surface area contributed by atoms with Crippen molar-refractivity contribution in [2.45, 2.75) is 6.04 Å². The molecule has 0 radical (unpaired) electrons. The Balaban J connectivity index is 0.00000144. The number of hydrogen-bond donors (Lipinski definition) is 2. The van der Waals surface area contributed by atoms with Gasteiger partial charge in [-0.05, 0) is 18.2 Å². The summed E-state index contributed by atoms with van der Waals surface area (Å²) in [7, 11) is 0. The van der Waals surface area contributed by atoms with Crippen LogP contribution in [0.3, 0.4) is 0 Å². The molecule has 17 heavy (non-hydrogen) atoms. The van der Waals surface area contributed by atoms with Crippen molar-refractivity contribution in [1.29, 1.82) is 0 Å². The lowest BCUT2D eigenvalue weighted by molar-refractivity contribution is -0.120. The van der Waals surface area contributed by atoms with E-state index in [4.69, 9.17) is 4.74 Å². The van der Waals surface area contributed by atoms with Gasteiger partial charge >= 0.3 is 0 Å². The van der Waals surface area contributed by atoms with Crippen LogP contribution in [0.15, 0.2) is 28.7 Å². The molecule has 1 aromatic rings. The molecule has 2 rings (SSSR count). The molecule has 0 aliphatic carbocycles. The van der Waals surface area contributed by atoms with E-state index < -0.39 is 0 Å². The Morgan fingerprint density at radius 1 is 1.53 bits per heavy atom. The van der Waals surface area contributed by atoms with Gasteiger partial charge in [0.05, 0.1) is 13.2 Å². The number of morpholine rings is 1. The highest BCUT2D eigenvalue weighted by Crippen LogP contribution is 2.15. The number of carbonyl (C=O) groups excluding carboxylic acids is 1. The summed E-state index contributed by atoms with van der Waals surface area (Å²) in [6.07, 6.45) is 0. The highest BCUT2D eigenvalue weighted by Gasteiger charge is 2.20. The second-order valence-corrected chi connectivity index (χ2v) is 4.50. The SMILES string of the molecule is Cl.O=C(Nc1cccc(Br)c1)C1COCCN1. The van der Waals surface area contributed by atoms with Crippen LogP contribution in [0.5, 0.6) is 0 Å². The highest BCUT2D eigenvalue weighted by atomic mass is 79.9. The molecule has 1 saturated heterocycles. The van der Waals surface area contributed by atoms with E-state index in [2.05, 4.69) is 26.6 Å². The van der Waals surface area contributed by atoms with Crippen LogP contribution in [0.25, 0.3) is 0 Å². The van der Waals surface area contributed by atoms with E-state index in [1.807, 2.05) is 24.3 Å². The van der Waals surface area contributed by atoms with Crippen molar-refractivity contribution < 1.29 is 9.53 Å². The quantitative estimate of drug-likeness (QED) is 0.873. The molecule has 0 bridgehead atoms. The lowest BCUT2D eigenvalue weighted by atomic mass is 10.2. The molecule has 94 valence electrons. The molecule has 1 atom stereocenters. The van der Waals surface area contributed by atoms with E-state index in [0.717, 1.165) is 16.7 Å². The summed E-state index contributed by atoms with van der Waals surface area (Å²) in [5.41, 5.74) is 0.784. The second-order valence-electron chi connectivity index (χ2n) is 3.58. The van der Waals surface area contributed by atoms with Gasteiger partial charge in [-0.15, -0.1) is 12.4 Å². The Labute approximate surface area is 115 Å². The van der Waals surface area contributed by atoms with Gasteiger partial charge in [0, 0.05) is 16.7 Å². The predicted octanol–water partition coefficient (Wildman–Crippen LogP) is 1.80. The molecule has 0 aromatic heterocycles. The van der Waals surface area contributed by atoms with Gasteiger partial charge in [-0.3, -0.25) is 4.79 Å². The number of ether oxygens (including phenoxy) is 1. The normalized spacial score (nSPS) is 19.2. The fourth-order valence-electron chi connectivity index (χ4n) is 1.53. The van der Waals surface area contributed by atoms with Crippen molar-refractivity contribution in [2.24, 2.45) is 0 Å². The van der Waals surface area contributed by atoms with Crippen LogP contribution < -0.4 is 10.6 Å². The summed E-state index contributed by atoms with van der Waals surface area (Å²) in [5.74, 6) is -0.0576. The van der Waals surface area contributed by atoms with E-state index in [1.165, 1.54) is 0 Å². The zero-order valence-electron chi connectivity index (χ0n) is 9.11. The van der Waals surface area contributed by atoms with Crippen molar-refractivity contribution in [3.05, 3.63) is 28.7 Å². The van der Waals surface area contributed by atoms with Crippen LogP contribution in [0, 0.1) is 0 Å². The van der Waals surface area contributed by atoms with Gasteiger partial charge in [-0.2, -0.15) is 0 Å². The molecule has 1 heterocycles. The van der Waals surface area contributed by atoms with Gasteiger partial charge in [-0.1, -0.05) is 22.0 Å². The zero-order valence-corrected chi connectivity index (χ0v) is 11.5. The average molecular weight is 322 g/mol. The number of rotatable bonds is 2. The van der Waals surface area contributed by atoms with Crippen molar-refractivity contribution >= 4 is 39.9 Å². The van der Waals surface area contributed by atoms with E-state index >= 15 is 0 Å². The smallest absolute Gasteiger partial charge is 0.243 e. The Bertz CT molecular complexity index is 383. The maximum absolute atomic E-state index is 11.8. The van der Waals surface area contributed by atoms with Crippen molar-refractivity contribution in [1.82, 2.24) is 5.32 Å². The summed E-state index contributed by atoms with van der Waals surface area (Å²) >= 11 is 3.36. The fraction of sp³-hybridized carbons (Fsp3) is 0.364. The summed E-state index contributed by atoms with van der Waals surface area (Å²) in [6.45, 7) is 1.82. The Morgan fingerprint density at radius 2 is 2.35 bits per heavy atom. The van der Waals surface area contributed by atoms with Gasteiger partial charge in [0.15, 0.2) is 0 Å². The maximum Gasteiger partial charge on any atom is 0.243 e. The van der Waals surface area contributed by atoms with Crippen molar-refractivity contribution in [2.75, 3.05) is 25.1 Å². The molecule has 1 amide bonds. The van der Waals surface area contributed by atoms with Gasteiger partial charge in [0.1, 0.15) is 6.04 Å². The third-order valence-corrected chi connectivity index (χ3v) is 2.82. The first-order valence-corrected chi connectivity index (χ1v) is 5.92. The monoisotopic (exact) mass is 320 g/mol. The lowest BCUT2D eigenvalue weighted by Gasteiger charge is -2.22. The van der Waals surface area contributed by atoms with Crippen LogP contribution in [0.1, 0.15) is 0 Å². The molecule has 0 spiro atoms. The van der Waals surface area contributed by atoms with Crippen molar-refractivity contribution in [3.63, 3.8) is 0 Å². The van der Waals surface area contributed by atoms with Crippen LogP contribution in [-0.2, 0) is 9.53 Å².